The highest BCUT2D eigenvalue weighted by atomic mass is 15.3. The molecule has 3 nitrogen and oxygen atoms in total. The number of nitrogens with one attached hydrogen (secondary N) is 1. The summed E-state index contributed by atoms with van der Waals surface area (Å²) in [5.74, 6) is 0. The van der Waals surface area contributed by atoms with Crippen LogP contribution in [-0.2, 0) is 6.42 Å². The molecule has 0 spiro atoms. The van der Waals surface area contributed by atoms with E-state index in [2.05, 4.69) is 39.4 Å². The van der Waals surface area contributed by atoms with E-state index in [1.165, 1.54) is 69.5 Å². The van der Waals surface area contributed by atoms with E-state index in [4.69, 9.17) is 0 Å². The molecule has 2 saturated heterocycles. The molecule has 4 rings (SSSR count). The average molecular weight is 285 g/mol. The van der Waals surface area contributed by atoms with Crippen LogP contribution < -0.4 is 5.32 Å². The minimum Gasteiger partial charge on any atom is -0.383 e. The molecular weight excluding hydrogens is 258 g/mol. The highest BCUT2D eigenvalue weighted by molar-refractivity contribution is 5.52. The van der Waals surface area contributed by atoms with E-state index in [0.717, 1.165) is 12.6 Å². The Labute approximate surface area is 128 Å². The van der Waals surface area contributed by atoms with Gasteiger partial charge >= 0.3 is 0 Å². The quantitative estimate of drug-likeness (QED) is 0.901. The van der Waals surface area contributed by atoms with Gasteiger partial charge in [-0.1, -0.05) is 18.2 Å². The SMILES string of the molecule is c1ccc2c(c1)CCC(N1CCC(N3CCCC3)C1)CN2. The lowest BCUT2D eigenvalue weighted by molar-refractivity contribution is 0.199. The maximum Gasteiger partial charge on any atom is 0.0373 e. The number of rotatable bonds is 2. The van der Waals surface area contributed by atoms with Crippen molar-refractivity contribution in [3.05, 3.63) is 29.8 Å². The molecule has 2 atom stereocenters. The summed E-state index contributed by atoms with van der Waals surface area (Å²) in [6.45, 7) is 6.38. The molecule has 1 N–H and O–H groups in total. The largest absolute Gasteiger partial charge is 0.383 e. The third-order valence-corrected chi connectivity index (χ3v) is 5.66. The highest BCUT2D eigenvalue weighted by Gasteiger charge is 2.33. The lowest BCUT2D eigenvalue weighted by atomic mass is 10.1. The molecule has 0 saturated carbocycles. The molecule has 3 aliphatic heterocycles. The number of hydrogen-bond acceptors (Lipinski definition) is 3. The number of aryl methyl sites for hydroxylation is 1. The summed E-state index contributed by atoms with van der Waals surface area (Å²) < 4.78 is 0. The van der Waals surface area contributed by atoms with Crippen LogP contribution >= 0.6 is 0 Å². The van der Waals surface area contributed by atoms with Crippen molar-refractivity contribution < 1.29 is 0 Å². The molecule has 0 bridgehead atoms. The smallest absolute Gasteiger partial charge is 0.0373 e. The number of likely N-dealkylation sites (tertiary alicyclic amines) is 2. The fraction of sp³-hybridized carbons (Fsp3) is 0.667. The van der Waals surface area contributed by atoms with Crippen molar-refractivity contribution in [2.45, 2.75) is 44.2 Å². The second kappa shape index (κ2) is 5.98. The Morgan fingerprint density at radius 3 is 2.67 bits per heavy atom. The number of fused-ring (bicyclic) bond motifs is 1. The first-order chi connectivity index (χ1) is 10.4. The fourth-order valence-corrected chi connectivity index (χ4v) is 4.38. The van der Waals surface area contributed by atoms with Gasteiger partial charge in [-0.3, -0.25) is 9.80 Å². The molecule has 114 valence electrons. The van der Waals surface area contributed by atoms with E-state index in [0.29, 0.717) is 6.04 Å². The summed E-state index contributed by atoms with van der Waals surface area (Å²) in [5, 5.41) is 3.68. The summed E-state index contributed by atoms with van der Waals surface area (Å²) in [6.07, 6.45) is 6.73. The van der Waals surface area contributed by atoms with Crippen molar-refractivity contribution >= 4 is 5.69 Å². The van der Waals surface area contributed by atoms with Crippen LogP contribution in [-0.4, -0.2) is 54.6 Å². The van der Waals surface area contributed by atoms with E-state index in [1.54, 1.807) is 0 Å². The van der Waals surface area contributed by atoms with E-state index in [-0.39, 0.29) is 0 Å². The molecule has 1 aromatic carbocycles. The molecule has 0 radical (unpaired) electrons. The Morgan fingerprint density at radius 1 is 0.905 bits per heavy atom. The lowest BCUT2D eigenvalue weighted by Crippen LogP contribution is -2.41. The zero-order chi connectivity index (χ0) is 14.1. The van der Waals surface area contributed by atoms with Crippen LogP contribution in [0.1, 0.15) is 31.2 Å². The van der Waals surface area contributed by atoms with Gasteiger partial charge in [0, 0.05) is 37.4 Å². The van der Waals surface area contributed by atoms with E-state index < -0.39 is 0 Å². The Bertz CT molecular complexity index is 454. The minimum absolute atomic E-state index is 0.713. The summed E-state index contributed by atoms with van der Waals surface area (Å²) >= 11 is 0. The summed E-state index contributed by atoms with van der Waals surface area (Å²) in [4.78, 5) is 5.49. The standard InChI is InChI=1S/C18H27N3/c1-2-6-18-15(5-1)7-8-16(13-19-18)21-12-9-17(14-21)20-10-3-4-11-20/h1-2,5-6,16-17,19H,3-4,7-14H2. The first-order valence-electron chi connectivity index (χ1n) is 8.70. The van der Waals surface area contributed by atoms with Gasteiger partial charge in [-0.05, 0) is 56.8 Å². The van der Waals surface area contributed by atoms with Crippen molar-refractivity contribution in [3.8, 4) is 0 Å². The third kappa shape index (κ3) is 2.82. The van der Waals surface area contributed by atoms with Crippen LogP contribution in [0.2, 0.25) is 0 Å². The maximum absolute atomic E-state index is 3.68. The Hall–Kier alpha value is -1.06. The predicted octanol–water partition coefficient (Wildman–Crippen LogP) is 2.58. The summed E-state index contributed by atoms with van der Waals surface area (Å²) in [6, 6.07) is 10.4. The van der Waals surface area contributed by atoms with Gasteiger partial charge in [-0.2, -0.15) is 0 Å². The second-order valence-electron chi connectivity index (χ2n) is 6.91. The number of hydrogen-bond donors (Lipinski definition) is 1. The minimum atomic E-state index is 0.713. The Balaban J connectivity index is 1.37. The van der Waals surface area contributed by atoms with Crippen molar-refractivity contribution in [3.63, 3.8) is 0 Å². The molecular formula is C18H27N3. The monoisotopic (exact) mass is 285 g/mol. The molecule has 1 aromatic rings. The van der Waals surface area contributed by atoms with E-state index >= 15 is 0 Å². The van der Waals surface area contributed by atoms with Crippen LogP contribution in [0.3, 0.4) is 0 Å². The zero-order valence-corrected chi connectivity index (χ0v) is 12.9. The molecule has 3 heteroatoms. The lowest BCUT2D eigenvalue weighted by Gasteiger charge is -2.28. The zero-order valence-electron chi connectivity index (χ0n) is 12.9. The number of anilines is 1. The van der Waals surface area contributed by atoms with Gasteiger partial charge in [0.2, 0.25) is 0 Å². The van der Waals surface area contributed by atoms with Gasteiger partial charge in [0.25, 0.3) is 0 Å². The van der Waals surface area contributed by atoms with Crippen molar-refractivity contribution in [1.82, 2.24) is 9.80 Å². The molecule has 21 heavy (non-hydrogen) atoms. The van der Waals surface area contributed by atoms with Crippen molar-refractivity contribution in [2.24, 2.45) is 0 Å². The average Bonchev–Trinajstić information content (AvgIpc) is 3.15. The van der Waals surface area contributed by atoms with Crippen molar-refractivity contribution in [1.29, 1.82) is 0 Å². The fourth-order valence-electron chi connectivity index (χ4n) is 4.38. The van der Waals surface area contributed by atoms with Gasteiger partial charge in [-0.15, -0.1) is 0 Å². The molecule has 2 fully saturated rings. The molecule has 3 aliphatic rings. The van der Waals surface area contributed by atoms with Crippen LogP contribution in [0.5, 0.6) is 0 Å². The predicted molar refractivity (Wildman–Crippen MR) is 87.8 cm³/mol. The van der Waals surface area contributed by atoms with Gasteiger partial charge in [0.1, 0.15) is 0 Å². The van der Waals surface area contributed by atoms with Crippen LogP contribution in [0.15, 0.2) is 24.3 Å². The highest BCUT2D eigenvalue weighted by Crippen LogP contribution is 2.27. The molecule has 3 heterocycles. The number of benzene rings is 1. The normalized spacial score (nSPS) is 30.9. The molecule has 0 amide bonds. The Morgan fingerprint density at radius 2 is 1.76 bits per heavy atom. The van der Waals surface area contributed by atoms with Crippen LogP contribution in [0, 0.1) is 0 Å². The van der Waals surface area contributed by atoms with Gasteiger partial charge in [0.05, 0.1) is 0 Å². The second-order valence-corrected chi connectivity index (χ2v) is 6.91. The first-order valence-corrected chi connectivity index (χ1v) is 8.70. The van der Waals surface area contributed by atoms with Crippen LogP contribution in [0.25, 0.3) is 0 Å². The first kappa shape index (κ1) is 13.6. The summed E-state index contributed by atoms with van der Waals surface area (Å²) in [5.41, 5.74) is 2.85. The summed E-state index contributed by atoms with van der Waals surface area (Å²) in [7, 11) is 0. The maximum atomic E-state index is 3.68. The molecule has 0 aromatic heterocycles. The van der Waals surface area contributed by atoms with E-state index in [9.17, 15) is 0 Å². The van der Waals surface area contributed by atoms with Gasteiger partial charge in [0.15, 0.2) is 0 Å². The van der Waals surface area contributed by atoms with Crippen molar-refractivity contribution in [2.75, 3.05) is 38.0 Å². The molecule has 2 unspecified atom stereocenters. The molecule has 0 aliphatic carbocycles. The van der Waals surface area contributed by atoms with E-state index in [1.807, 2.05) is 0 Å². The number of para-hydroxylation sites is 1. The van der Waals surface area contributed by atoms with Gasteiger partial charge in [-0.25, -0.2) is 0 Å². The third-order valence-electron chi connectivity index (χ3n) is 5.66. The Kier molecular flexibility index (Phi) is 3.87. The van der Waals surface area contributed by atoms with Gasteiger partial charge < -0.3 is 5.32 Å². The van der Waals surface area contributed by atoms with Crippen LogP contribution in [0.4, 0.5) is 5.69 Å². The topological polar surface area (TPSA) is 18.5 Å². The number of nitrogens with zero attached hydrogens (tertiary/aromatic N) is 2.